The van der Waals surface area contributed by atoms with E-state index in [0.29, 0.717) is 17.3 Å². The van der Waals surface area contributed by atoms with Gasteiger partial charge in [-0.3, -0.25) is 14.4 Å². The molecule has 51 heavy (non-hydrogen) atoms. The van der Waals surface area contributed by atoms with Gasteiger partial charge in [0.25, 0.3) is 0 Å². The molecule has 3 aromatic rings. The van der Waals surface area contributed by atoms with E-state index < -0.39 is 27.8 Å². The van der Waals surface area contributed by atoms with E-state index in [4.69, 9.17) is 9.84 Å². The molecular formula is C39H55N3O8S. The molecule has 280 valence electrons. The van der Waals surface area contributed by atoms with Crippen LogP contribution in [0.2, 0.25) is 0 Å². The predicted octanol–water partition coefficient (Wildman–Crippen LogP) is 9.20. The minimum Gasteiger partial charge on any atom is -0.505 e. The van der Waals surface area contributed by atoms with Crippen LogP contribution >= 0.6 is 0 Å². The summed E-state index contributed by atoms with van der Waals surface area (Å²) in [5.41, 5.74) is 0.127. The maximum Gasteiger partial charge on any atom is 0.303 e. The second kappa shape index (κ2) is 21.3. The summed E-state index contributed by atoms with van der Waals surface area (Å²) in [6.45, 7) is 3.91. The van der Waals surface area contributed by atoms with Crippen LogP contribution in [0.4, 0.5) is 11.4 Å². The van der Waals surface area contributed by atoms with Crippen molar-refractivity contribution in [2.75, 3.05) is 24.2 Å². The monoisotopic (exact) mass is 725 g/mol. The Hall–Kier alpha value is -4.16. The van der Waals surface area contributed by atoms with Crippen molar-refractivity contribution in [3.05, 3.63) is 48.5 Å². The largest absolute Gasteiger partial charge is 0.505 e. The van der Waals surface area contributed by atoms with Crippen LogP contribution in [0.1, 0.15) is 117 Å². The van der Waals surface area contributed by atoms with E-state index in [1.165, 1.54) is 99.7 Å². The smallest absolute Gasteiger partial charge is 0.303 e. The summed E-state index contributed by atoms with van der Waals surface area (Å²) in [6, 6.07) is 12.4. The van der Waals surface area contributed by atoms with Crippen LogP contribution in [0, 0.1) is 0 Å². The summed E-state index contributed by atoms with van der Waals surface area (Å²) >= 11 is 0. The Balaban J connectivity index is 1.63. The normalized spacial score (nSPS) is 11.5. The number of ether oxygens (including phenoxy) is 1. The third-order valence-electron chi connectivity index (χ3n) is 8.83. The number of carboxylic acids is 1. The molecule has 0 bridgehead atoms. The molecule has 3 rings (SSSR count). The van der Waals surface area contributed by atoms with Crippen molar-refractivity contribution in [2.45, 2.75) is 121 Å². The number of carbonyl (C=O) groups is 3. The summed E-state index contributed by atoms with van der Waals surface area (Å²) in [5, 5.41) is 25.8. The zero-order valence-electron chi connectivity index (χ0n) is 30.3. The number of anilines is 2. The fourth-order valence-corrected chi connectivity index (χ4v) is 7.17. The van der Waals surface area contributed by atoms with E-state index in [1.807, 2.05) is 0 Å². The highest BCUT2D eigenvalue weighted by molar-refractivity contribution is 7.89. The maximum absolute atomic E-state index is 13.5. The van der Waals surface area contributed by atoms with Gasteiger partial charge in [0.1, 0.15) is 11.5 Å². The second-order valence-corrected chi connectivity index (χ2v) is 15.2. The van der Waals surface area contributed by atoms with Crippen molar-refractivity contribution in [3.63, 3.8) is 0 Å². The van der Waals surface area contributed by atoms with Crippen LogP contribution in [0.3, 0.4) is 0 Å². The number of phenols is 1. The number of carboxylic acid groups (broad SMARTS) is 1. The van der Waals surface area contributed by atoms with Gasteiger partial charge in [-0.1, -0.05) is 115 Å². The molecule has 0 aliphatic carbocycles. The zero-order chi connectivity index (χ0) is 37.2. The molecular weight excluding hydrogens is 671 g/mol. The van der Waals surface area contributed by atoms with E-state index in [0.717, 1.165) is 25.7 Å². The molecule has 11 nitrogen and oxygen atoms in total. The molecule has 0 heterocycles. The van der Waals surface area contributed by atoms with Crippen LogP contribution in [0.5, 0.6) is 17.2 Å². The molecule has 0 aliphatic rings. The van der Waals surface area contributed by atoms with Gasteiger partial charge in [-0.05, 0) is 24.6 Å². The molecule has 0 aromatic heterocycles. The van der Waals surface area contributed by atoms with Gasteiger partial charge >= 0.3 is 5.97 Å². The van der Waals surface area contributed by atoms with Crippen LogP contribution < -0.4 is 15.4 Å². The molecule has 12 heteroatoms. The number of carbonyl (C=O) groups excluding carboxylic acids is 2. The van der Waals surface area contributed by atoms with Crippen molar-refractivity contribution < 1.29 is 37.8 Å². The third-order valence-corrected chi connectivity index (χ3v) is 10.7. The summed E-state index contributed by atoms with van der Waals surface area (Å²) in [4.78, 5) is 35.5. The minimum absolute atomic E-state index is 0.00415. The number of hydrogen-bond acceptors (Lipinski definition) is 7. The van der Waals surface area contributed by atoms with Crippen molar-refractivity contribution in [1.82, 2.24) is 4.31 Å². The summed E-state index contributed by atoms with van der Waals surface area (Å²) < 4.78 is 34.6. The first-order valence-corrected chi connectivity index (χ1v) is 19.7. The summed E-state index contributed by atoms with van der Waals surface area (Å²) in [6.07, 6.45) is 16.4. The van der Waals surface area contributed by atoms with Gasteiger partial charge in [-0.2, -0.15) is 0 Å². The minimum atomic E-state index is -3.87. The first-order chi connectivity index (χ1) is 24.4. The number of amides is 2. The predicted molar refractivity (Wildman–Crippen MR) is 202 cm³/mol. The van der Waals surface area contributed by atoms with E-state index in [9.17, 15) is 27.9 Å². The number of unbranched alkanes of at least 4 members (excludes halogenated alkanes) is 13. The molecule has 0 fully saturated rings. The van der Waals surface area contributed by atoms with Crippen LogP contribution in [-0.4, -0.2) is 54.3 Å². The standard InChI is InChI=1S/C39H55N3O8S/c1-4-5-6-7-8-9-10-11-12-13-14-15-16-19-26-42(3)51(48,49)30-22-23-35(33(27-30)40-29(2)43)50-36-28-34(41-37(44)24-25-38(45)46)39(47)32-21-18-17-20-31(32)36/h17-18,20-23,27-28,47H,4-16,19,24-26H2,1-3H3,(H,40,43)(H,41,44)(H,45,46). The highest BCUT2D eigenvalue weighted by atomic mass is 32.2. The van der Waals surface area contributed by atoms with Gasteiger partial charge in [-0.25, -0.2) is 12.7 Å². The fraction of sp³-hybridized carbons (Fsp3) is 0.513. The van der Waals surface area contributed by atoms with E-state index >= 15 is 0 Å². The van der Waals surface area contributed by atoms with Gasteiger partial charge in [0.2, 0.25) is 21.8 Å². The average Bonchev–Trinajstić information content (AvgIpc) is 3.09. The first-order valence-electron chi connectivity index (χ1n) is 18.3. The molecule has 0 aliphatic heterocycles. The summed E-state index contributed by atoms with van der Waals surface area (Å²) in [5.74, 6) is -2.07. The van der Waals surface area contributed by atoms with Crippen molar-refractivity contribution >= 4 is 50.0 Å². The Labute approximate surface area is 302 Å². The van der Waals surface area contributed by atoms with Gasteiger partial charge in [0.05, 0.1) is 22.7 Å². The van der Waals surface area contributed by atoms with Gasteiger partial charge in [0.15, 0.2) is 5.75 Å². The highest BCUT2D eigenvalue weighted by Crippen LogP contribution is 2.42. The Bertz CT molecular complexity index is 1710. The molecule has 4 N–H and O–H groups in total. The molecule has 0 saturated heterocycles. The Kier molecular flexibility index (Phi) is 17.2. The molecule has 0 unspecified atom stereocenters. The number of phenolic OH excluding ortho intramolecular Hbond substituents is 1. The van der Waals surface area contributed by atoms with Crippen molar-refractivity contribution in [1.29, 1.82) is 0 Å². The number of rotatable bonds is 24. The Morgan fingerprint density at radius 1 is 0.725 bits per heavy atom. The Morgan fingerprint density at radius 2 is 1.29 bits per heavy atom. The lowest BCUT2D eigenvalue weighted by molar-refractivity contribution is -0.138. The van der Waals surface area contributed by atoms with Crippen molar-refractivity contribution in [3.8, 4) is 17.2 Å². The molecule has 3 aromatic carbocycles. The third kappa shape index (κ3) is 13.5. The highest BCUT2D eigenvalue weighted by Gasteiger charge is 2.23. The summed E-state index contributed by atoms with van der Waals surface area (Å²) in [7, 11) is -2.32. The number of sulfonamides is 1. The number of aliphatic carboxylic acids is 1. The van der Waals surface area contributed by atoms with E-state index in [2.05, 4.69) is 17.6 Å². The van der Waals surface area contributed by atoms with Crippen LogP contribution in [-0.2, 0) is 24.4 Å². The molecule has 0 radical (unpaired) electrons. The molecule has 0 atom stereocenters. The van der Waals surface area contributed by atoms with Crippen LogP contribution in [0.15, 0.2) is 53.4 Å². The zero-order valence-corrected chi connectivity index (χ0v) is 31.2. The first kappa shape index (κ1) is 41.3. The number of benzene rings is 3. The molecule has 2 amide bonds. The average molecular weight is 726 g/mol. The Morgan fingerprint density at radius 3 is 1.86 bits per heavy atom. The van der Waals surface area contributed by atoms with Crippen molar-refractivity contribution in [2.24, 2.45) is 0 Å². The van der Waals surface area contributed by atoms with Crippen LogP contribution in [0.25, 0.3) is 10.8 Å². The quantitative estimate of drug-likeness (QED) is 0.0525. The number of nitrogens with zero attached hydrogens (tertiary/aromatic N) is 1. The van der Waals surface area contributed by atoms with Gasteiger partial charge < -0.3 is 25.6 Å². The number of aromatic hydroxyl groups is 1. The fourth-order valence-electron chi connectivity index (χ4n) is 5.93. The SMILES string of the molecule is CCCCCCCCCCCCCCCCN(C)S(=O)(=O)c1ccc(Oc2cc(NC(=O)CCC(=O)O)c(O)c3ccccc23)c(NC(C)=O)c1. The second-order valence-electron chi connectivity index (χ2n) is 13.1. The maximum atomic E-state index is 13.5. The topological polar surface area (TPSA) is 162 Å². The lowest BCUT2D eigenvalue weighted by Crippen LogP contribution is -2.28. The molecule has 0 spiro atoms. The van der Waals surface area contributed by atoms with E-state index in [1.54, 1.807) is 31.3 Å². The van der Waals surface area contributed by atoms with E-state index in [-0.39, 0.29) is 46.4 Å². The number of nitrogens with one attached hydrogen (secondary N) is 2. The number of hydrogen-bond donors (Lipinski definition) is 4. The van der Waals surface area contributed by atoms with Gasteiger partial charge in [0, 0.05) is 43.8 Å². The lowest BCUT2D eigenvalue weighted by atomic mass is 10.0. The molecule has 0 saturated carbocycles. The number of fused-ring (bicyclic) bond motifs is 1. The van der Waals surface area contributed by atoms with Gasteiger partial charge in [-0.15, -0.1) is 0 Å². The lowest BCUT2D eigenvalue weighted by Gasteiger charge is -2.20.